The Morgan fingerprint density at radius 1 is 1.13 bits per heavy atom. The Morgan fingerprint density at radius 3 is 2.46 bits per heavy atom. The number of nitrogens with one attached hydrogen (secondary N) is 1. The van der Waals surface area contributed by atoms with Crippen LogP contribution in [0.15, 0.2) is 64.7 Å². The number of amidine groups is 1. The molecule has 0 spiro atoms. The van der Waals surface area contributed by atoms with E-state index in [0.717, 1.165) is 16.3 Å². The first kappa shape index (κ1) is 28.4. The maximum Gasteiger partial charge on any atom is 0.301 e. The minimum Gasteiger partial charge on any atom is -0.399 e. The average molecular weight is 588 g/mol. The zero-order valence-electron chi connectivity index (χ0n) is 21.1. The van der Waals surface area contributed by atoms with Crippen LogP contribution in [0.2, 0.25) is 15.1 Å². The summed E-state index contributed by atoms with van der Waals surface area (Å²) in [5.41, 5.74) is 8.64. The van der Waals surface area contributed by atoms with Crippen LogP contribution in [-0.2, 0) is 4.79 Å². The van der Waals surface area contributed by atoms with Crippen molar-refractivity contribution in [3.8, 4) is 0 Å². The molecule has 4 rings (SSSR count). The largest absolute Gasteiger partial charge is 0.399 e. The standard InChI is InChI=1S/C27H25Cl3N6O3/c1-3-35(9-10-37)19-7-8-22(15(2)11-19)32-23-25(33-26(38)16-5-4-6-18(31)12-16)34-36(27(23)39)24-20(29)13-17(28)14-21(24)30/h4-8,11-14,37H,3,9-10,31H2,1-2H3,(H,33,34,38). The van der Waals surface area contributed by atoms with Crippen LogP contribution < -0.4 is 21.0 Å². The number of aliphatic imine (C=N–C) groups is 1. The SMILES string of the molecule is CCN(CCO)c1ccc(N=C2C(=O)N(c3c(Cl)cc(Cl)cc3Cl)N=C2NC(=O)c2cccc(N)c2)c(C)c1. The molecule has 202 valence electrons. The summed E-state index contributed by atoms with van der Waals surface area (Å²) < 4.78 is 0. The van der Waals surface area contributed by atoms with Gasteiger partial charge in [-0.2, -0.15) is 5.01 Å². The molecular formula is C27H25Cl3N6O3. The summed E-state index contributed by atoms with van der Waals surface area (Å²) in [5, 5.41) is 17.8. The Balaban J connectivity index is 1.77. The molecule has 0 radical (unpaired) electrons. The third kappa shape index (κ3) is 6.17. The molecule has 0 unspecified atom stereocenters. The van der Waals surface area contributed by atoms with Gasteiger partial charge in [-0.1, -0.05) is 40.9 Å². The number of aliphatic hydroxyl groups is 1. The number of carbonyl (C=O) groups excluding carboxylic acids is 2. The van der Waals surface area contributed by atoms with Gasteiger partial charge < -0.3 is 21.1 Å². The Kier molecular flexibility index (Phi) is 8.76. The van der Waals surface area contributed by atoms with Crippen LogP contribution in [-0.4, -0.2) is 48.2 Å². The van der Waals surface area contributed by atoms with Gasteiger partial charge in [0.15, 0.2) is 11.5 Å². The molecule has 0 aromatic heterocycles. The number of anilines is 3. The van der Waals surface area contributed by atoms with Crippen molar-refractivity contribution in [1.29, 1.82) is 0 Å². The fourth-order valence-electron chi connectivity index (χ4n) is 4.00. The predicted molar refractivity (Wildman–Crippen MR) is 158 cm³/mol. The lowest BCUT2D eigenvalue weighted by Crippen LogP contribution is -2.37. The first-order valence-corrected chi connectivity index (χ1v) is 13.1. The lowest BCUT2D eigenvalue weighted by atomic mass is 10.1. The molecule has 39 heavy (non-hydrogen) atoms. The molecule has 1 heterocycles. The summed E-state index contributed by atoms with van der Waals surface area (Å²) in [6.07, 6.45) is 0. The Labute approximate surface area is 240 Å². The maximum absolute atomic E-state index is 13.6. The van der Waals surface area contributed by atoms with Crippen molar-refractivity contribution in [2.45, 2.75) is 13.8 Å². The molecule has 3 aromatic rings. The number of nitrogens with zero attached hydrogens (tertiary/aromatic N) is 4. The van der Waals surface area contributed by atoms with Crippen LogP contribution in [0.3, 0.4) is 0 Å². The second kappa shape index (κ2) is 12.0. The number of hydrogen-bond donors (Lipinski definition) is 3. The molecule has 1 aliphatic heterocycles. The van der Waals surface area contributed by atoms with Crippen LogP contribution in [0.25, 0.3) is 0 Å². The van der Waals surface area contributed by atoms with Gasteiger partial charge in [0.25, 0.3) is 5.91 Å². The number of hydrazone groups is 1. The van der Waals surface area contributed by atoms with Crippen molar-refractivity contribution in [2.24, 2.45) is 10.1 Å². The third-order valence-electron chi connectivity index (χ3n) is 5.92. The molecule has 0 bridgehead atoms. The lowest BCUT2D eigenvalue weighted by Gasteiger charge is -2.22. The van der Waals surface area contributed by atoms with E-state index in [0.29, 0.717) is 24.5 Å². The molecule has 0 saturated heterocycles. The van der Waals surface area contributed by atoms with E-state index in [9.17, 15) is 14.7 Å². The average Bonchev–Trinajstić information content (AvgIpc) is 3.17. The van der Waals surface area contributed by atoms with E-state index in [1.165, 1.54) is 18.2 Å². The zero-order chi connectivity index (χ0) is 28.3. The first-order chi connectivity index (χ1) is 18.6. The van der Waals surface area contributed by atoms with E-state index in [-0.39, 0.29) is 44.5 Å². The fourth-order valence-corrected chi connectivity index (χ4v) is 4.98. The number of likely N-dealkylation sites (N-methyl/N-ethyl adjacent to an activating group) is 1. The highest BCUT2D eigenvalue weighted by molar-refractivity contribution is 6.72. The van der Waals surface area contributed by atoms with Gasteiger partial charge in [-0.3, -0.25) is 9.59 Å². The molecule has 0 atom stereocenters. The van der Waals surface area contributed by atoms with E-state index < -0.39 is 11.8 Å². The number of aryl methyl sites for hydroxylation is 1. The molecular weight excluding hydrogens is 563 g/mol. The second-order valence-electron chi connectivity index (χ2n) is 8.60. The van der Waals surface area contributed by atoms with E-state index >= 15 is 0 Å². The van der Waals surface area contributed by atoms with Crippen molar-refractivity contribution in [2.75, 3.05) is 35.3 Å². The highest BCUT2D eigenvalue weighted by Crippen LogP contribution is 2.38. The van der Waals surface area contributed by atoms with Gasteiger partial charge >= 0.3 is 5.91 Å². The number of hydrogen-bond acceptors (Lipinski definition) is 7. The lowest BCUT2D eigenvalue weighted by molar-refractivity contribution is -0.112. The van der Waals surface area contributed by atoms with Gasteiger partial charge in [0.1, 0.15) is 5.69 Å². The van der Waals surface area contributed by atoms with Gasteiger partial charge in [0, 0.05) is 35.1 Å². The molecule has 2 amide bonds. The number of nitrogen functional groups attached to an aromatic ring is 1. The predicted octanol–water partition coefficient (Wildman–Crippen LogP) is 5.22. The number of aliphatic hydroxyl groups excluding tert-OH is 1. The van der Waals surface area contributed by atoms with Gasteiger partial charge in [0.2, 0.25) is 0 Å². The summed E-state index contributed by atoms with van der Waals surface area (Å²) in [5.74, 6) is -1.28. The van der Waals surface area contributed by atoms with Gasteiger partial charge in [-0.25, -0.2) is 4.99 Å². The Hall–Kier alpha value is -3.63. The molecule has 0 saturated carbocycles. The summed E-state index contributed by atoms with van der Waals surface area (Å²) in [6, 6.07) is 14.8. The minimum atomic E-state index is -0.650. The minimum absolute atomic E-state index is 0.0175. The molecule has 9 nitrogen and oxygen atoms in total. The van der Waals surface area contributed by atoms with Crippen LogP contribution in [0.4, 0.5) is 22.7 Å². The molecule has 1 aliphatic rings. The van der Waals surface area contributed by atoms with E-state index in [1.807, 2.05) is 30.9 Å². The number of carbonyl (C=O) groups is 2. The van der Waals surface area contributed by atoms with Crippen LogP contribution in [0.1, 0.15) is 22.8 Å². The van der Waals surface area contributed by atoms with Gasteiger partial charge in [-0.05, 0) is 67.9 Å². The van der Waals surface area contributed by atoms with Crippen LogP contribution >= 0.6 is 34.8 Å². The van der Waals surface area contributed by atoms with Crippen molar-refractivity contribution >= 4 is 80.9 Å². The van der Waals surface area contributed by atoms with Crippen molar-refractivity contribution in [3.05, 3.63) is 80.8 Å². The summed E-state index contributed by atoms with van der Waals surface area (Å²) in [4.78, 5) is 33.2. The van der Waals surface area contributed by atoms with Crippen molar-refractivity contribution < 1.29 is 14.7 Å². The molecule has 4 N–H and O–H groups in total. The third-order valence-corrected chi connectivity index (χ3v) is 6.72. The second-order valence-corrected chi connectivity index (χ2v) is 9.85. The molecule has 0 fully saturated rings. The molecule has 12 heteroatoms. The summed E-state index contributed by atoms with van der Waals surface area (Å²) >= 11 is 18.8. The number of benzene rings is 3. The molecule has 0 aliphatic carbocycles. The Bertz CT molecular complexity index is 1480. The molecule has 3 aromatic carbocycles. The number of rotatable bonds is 7. The van der Waals surface area contributed by atoms with Crippen molar-refractivity contribution in [3.63, 3.8) is 0 Å². The van der Waals surface area contributed by atoms with E-state index in [4.69, 9.17) is 40.5 Å². The van der Waals surface area contributed by atoms with Gasteiger partial charge in [0.05, 0.1) is 22.3 Å². The maximum atomic E-state index is 13.6. The topological polar surface area (TPSA) is 124 Å². The summed E-state index contributed by atoms with van der Waals surface area (Å²) in [7, 11) is 0. The normalized spacial score (nSPS) is 14.1. The Morgan fingerprint density at radius 2 is 1.85 bits per heavy atom. The number of halogens is 3. The first-order valence-electron chi connectivity index (χ1n) is 11.9. The van der Waals surface area contributed by atoms with Gasteiger partial charge in [-0.15, -0.1) is 5.10 Å². The smallest absolute Gasteiger partial charge is 0.301 e. The van der Waals surface area contributed by atoms with Crippen LogP contribution in [0, 0.1) is 6.92 Å². The zero-order valence-corrected chi connectivity index (χ0v) is 23.3. The number of nitrogens with two attached hydrogens (primary N) is 1. The summed E-state index contributed by atoms with van der Waals surface area (Å²) in [6.45, 7) is 5.04. The monoisotopic (exact) mass is 586 g/mol. The highest BCUT2D eigenvalue weighted by atomic mass is 35.5. The number of amides is 2. The van der Waals surface area contributed by atoms with E-state index in [2.05, 4.69) is 15.4 Å². The quantitative estimate of drug-likeness (QED) is 0.327. The van der Waals surface area contributed by atoms with Crippen molar-refractivity contribution in [1.82, 2.24) is 5.32 Å². The van der Waals surface area contributed by atoms with E-state index in [1.54, 1.807) is 24.3 Å². The van der Waals surface area contributed by atoms with Crippen LogP contribution in [0.5, 0.6) is 0 Å². The highest BCUT2D eigenvalue weighted by Gasteiger charge is 2.36. The fraction of sp³-hybridized carbons (Fsp3) is 0.185.